The molecule has 0 spiro atoms. The summed E-state index contributed by atoms with van der Waals surface area (Å²) in [5.41, 5.74) is 6.35. The lowest BCUT2D eigenvalue weighted by molar-refractivity contribution is 0.471. The number of sulfonamides is 1. The summed E-state index contributed by atoms with van der Waals surface area (Å²) in [6.45, 7) is 0.724. The van der Waals surface area contributed by atoms with E-state index in [1.165, 1.54) is 27.0 Å². The molecule has 0 aromatic carbocycles. The molecule has 104 valence electrons. The SMILES string of the molecule is CN(Cc1cc(Br)cs1)S(=O)(=O)c1cc(CN)cs1. The molecule has 19 heavy (non-hydrogen) atoms. The van der Waals surface area contributed by atoms with E-state index >= 15 is 0 Å². The third-order valence-electron chi connectivity index (χ3n) is 2.53. The number of hydrogen-bond donors (Lipinski definition) is 1. The molecule has 8 heteroatoms. The van der Waals surface area contributed by atoms with Gasteiger partial charge < -0.3 is 5.73 Å². The van der Waals surface area contributed by atoms with Gasteiger partial charge in [-0.2, -0.15) is 4.31 Å². The van der Waals surface area contributed by atoms with E-state index in [0.29, 0.717) is 17.3 Å². The second-order valence-corrected chi connectivity index (χ2v) is 9.06. The van der Waals surface area contributed by atoms with Crippen molar-refractivity contribution < 1.29 is 8.42 Å². The molecule has 0 aliphatic rings. The van der Waals surface area contributed by atoms with Crippen molar-refractivity contribution in [2.24, 2.45) is 5.73 Å². The molecule has 2 N–H and O–H groups in total. The highest BCUT2D eigenvalue weighted by Crippen LogP contribution is 2.26. The van der Waals surface area contributed by atoms with Crippen molar-refractivity contribution >= 4 is 48.6 Å². The molecule has 4 nitrogen and oxygen atoms in total. The van der Waals surface area contributed by atoms with Gasteiger partial charge in [-0.3, -0.25) is 0 Å². The topological polar surface area (TPSA) is 63.4 Å². The van der Waals surface area contributed by atoms with Gasteiger partial charge in [0.15, 0.2) is 0 Å². The maximum absolute atomic E-state index is 12.4. The van der Waals surface area contributed by atoms with Gasteiger partial charge in [-0.05, 0) is 39.0 Å². The van der Waals surface area contributed by atoms with Crippen LogP contribution in [0.25, 0.3) is 0 Å². The average molecular weight is 381 g/mol. The van der Waals surface area contributed by atoms with E-state index in [-0.39, 0.29) is 0 Å². The lowest BCUT2D eigenvalue weighted by atomic mass is 10.4. The molecule has 2 heterocycles. The number of thiophene rings is 2. The molecule has 0 aliphatic carbocycles. The smallest absolute Gasteiger partial charge is 0.252 e. The first kappa shape index (κ1) is 15.1. The fourth-order valence-electron chi connectivity index (χ4n) is 1.49. The van der Waals surface area contributed by atoms with Crippen LogP contribution in [0.15, 0.2) is 31.6 Å². The van der Waals surface area contributed by atoms with Crippen molar-refractivity contribution in [3.63, 3.8) is 0 Å². The minimum absolute atomic E-state index is 0.339. The van der Waals surface area contributed by atoms with Crippen LogP contribution < -0.4 is 5.73 Å². The first-order valence-corrected chi connectivity index (χ1v) is 9.39. The highest BCUT2D eigenvalue weighted by molar-refractivity contribution is 9.10. The van der Waals surface area contributed by atoms with Crippen LogP contribution in [0.1, 0.15) is 10.4 Å². The van der Waals surface area contributed by atoms with Crippen LogP contribution in [-0.2, 0) is 23.1 Å². The fraction of sp³-hybridized carbons (Fsp3) is 0.273. The largest absolute Gasteiger partial charge is 0.326 e. The minimum atomic E-state index is -3.43. The molecule has 0 saturated carbocycles. The Hall–Kier alpha value is -0.250. The summed E-state index contributed by atoms with van der Waals surface area (Å²) >= 11 is 6.10. The zero-order chi connectivity index (χ0) is 14.0. The number of hydrogen-bond acceptors (Lipinski definition) is 5. The van der Waals surface area contributed by atoms with Crippen LogP contribution in [-0.4, -0.2) is 19.8 Å². The molecular weight excluding hydrogens is 368 g/mol. The van der Waals surface area contributed by atoms with Gasteiger partial charge >= 0.3 is 0 Å². The Balaban J connectivity index is 2.19. The second kappa shape index (κ2) is 6.02. The zero-order valence-electron chi connectivity index (χ0n) is 10.2. The van der Waals surface area contributed by atoms with Crippen LogP contribution in [0.3, 0.4) is 0 Å². The predicted octanol–water partition coefficient (Wildman–Crippen LogP) is 2.85. The molecule has 0 fully saturated rings. The summed E-state index contributed by atoms with van der Waals surface area (Å²) in [5, 5.41) is 3.72. The van der Waals surface area contributed by atoms with Gasteiger partial charge in [-0.1, -0.05) is 0 Å². The molecule has 0 aliphatic heterocycles. The van der Waals surface area contributed by atoms with Gasteiger partial charge in [-0.15, -0.1) is 22.7 Å². The number of nitrogens with two attached hydrogens (primary N) is 1. The molecular formula is C11H13BrN2O2S3. The summed E-state index contributed by atoms with van der Waals surface area (Å²) in [6.07, 6.45) is 0. The highest BCUT2D eigenvalue weighted by Gasteiger charge is 2.23. The maximum atomic E-state index is 12.4. The van der Waals surface area contributed by atoms with Crippen LogP contribution >= 0.6 is 38.6 Å². The Bertz CT molecular complexity index is 663. The Morgan fingerprint density at radius 1 is 1.32 bits per heavy atom. The van der Waals surface area contributed by atoms with Gasteiger partial charge in [0.25, 0.3) is 10.0 Å². The van der Waals surface area contributed by atoms with Crippen molar-refractivity contribution in [2.45, 2.75) is 17.3 Å². The summed E-state index contributed by atoms with van der Waals surface area (Å²) in [6, 6.07) is 3.57. The van der Waals surface area contributed by atoms with Gasteiger partial charge in [0.1, 0.15) is 4.21 Å². The predicted molar refractivity (Wildman–Crippen MR) is 82.9 cm³/mol. The molecule has 2 rings (SSSR count). The molecule has 0 radical (unpaired) electrons. The standard InChI is InChI=1S/C11H13BrN2O2S3/c1-14(5-10-3-9(12)7-17-10)19(15,16)11-2-8(4-13)6-18-11/h2-3,6-7H,4-5,13H2,1H3. The minimum Gasteiger partial charge on any atom is -0.326 e. The maximum Gasteiger partial charge on any atom is 0.252 e. The lowest BCUT2D eigenvalue weighted by Gasteiger charge is -2.14. The number of rotatable bonds is 5. The Morgan fingerprint density at radius 3 is 2.58 bits per heavy atom. The molecule has 0 unspecified atom stereocenters. The van der Waals surface area contributed by atoms with E-state index < -0.39 is 10.0 Å². The molecule has 0 amide bonds. The quantitative estimate of drug-likeness (QED) is 0.866. The number of nitrogens with zero attached hydrogens (tertiary/aromatic N) is 1. The Labute approximate surface area is 129 Å². The van der Waals surface area contributed by atoms with Crippen molar-refractivity contribution in [3.05, 3.63) is 37.8 Å². The van der Waals surface area contributed by atoms with Crippen LogP contribution in [0.5, 0.6) is 0 Å². The zero-order valence-corrected chi connectivity index (χ0v) is 14.2. The fourth-order valence-corrected chi connectivity index (χ4v) is 5.66. The molecule has 2 aromatic heterocycles. The van der Waals surface area contributed by atoms with Gasteiger partial charge in [0.2, 0.25) is 0 Å². The first-order chi connectivity index (χ1) is 8.93. The summed E-state index contributed by atoms with van der Waals surface area (Å²) in [4.78, 5) is 0.994. The third kappa shape index (κ3) is 3.45. The second-order valence-electron chi connectivity index (χ2n) is 3.97. The van der Waals surface area contributed by atoms with E-state index in [2.05, 4.69) is 15.9 Å². The number of halogens is 1. The van der Waals surface area contributed by atoms with Crippen LogP contribution in [0, 0.1) is 0 Å². The Morgan fingerprint density at radius 2 is 2.05 bits per heavy atom. The van der Waals surface area contributed by atoms with Crippen molar-refractivity contribution in [1.29, 1.82) is 0 Å². The molecule has 0 atom stereocenters. The molecule has 0 saturated heterocycles. The summed E-state index contributed by atoms with van der Waals surface area (Å²) in [7, 11) is -1.84. The van der Waals surface area contributed by atoms with Gasteiger partial charge in [0.05, 0.1) is 0 Å². The van der Waals surface area contributed by atoms with Crippen molar-refractivity contribution in [1.82, 2.24) is 4.31 Å². The monoisotopic (exact) mass is 380 g/mol. The molecule has 0 bridgehead atoms. The van der Waals surface area contributed by atoms with E-state index in [4.69, 9.17) is 5.73 Å². The van der Waals surface area contributed by atoms with E-state index in [1.807, 2.05) is 11.4 Å². The normalized spacial score (nSPS) is 12.2. The third-order valence-corrected chi connectivity index (χ3v) is 7.48. The highest BCUT2D eigenvalue weighted by atomic mass is 79.9. The van der Waals surface area contributed by atoms with Crippen LogP contribution in [0.4, 0.5) is 0 Å². The average Bonchev–Trinajstić information content (AvgIpc) is 2.98. The van der Waals surface area contributed by atoms with E-state index in [0.717, 1.165) is 14.9 Å². The van der Waals surface area contributed by atoms with Gasteiger partial charge in [0, 0.05) is 34.9 Å². The first-order valence-electron chi connectivity index (χ1n) is 5.40. The Kier molecular flexibility index (Phi) is 4.80. The van der Waals surface area contributed by atoms with Crippen molar-refractivity contribution in [3.8, 4) is 0 Å². The van der Waals surface area contributed by atoms with Crippen LogP contribution in [0.2, 0.25) is 0 Å². The summed E-state index contributed by atoms with van der Waals surface area (Å²) < 4.78 is 27.4. The molecule has 2 aromatic rings. The summed E-state index contributed by atoms with van der Waals surface area (Å²) in [5.74, 6) is 0. The van der Waals surface area contributed by atoms with E-state index in [9.17, 15) is 8.42 Å². The lowest BCUT2D eigenvalue weighted by Crippen LogP contribution is -2.25. The van der Waals surface area contributed by atoms with Crippen molar-refractivity contribution in [2.75, 3.05) is 7.05 Å². The van der Waals surface area contributed by atoms with Gasteiger partial charge in [-0.25, -0.2) is 8.42 Å². The van der Waals surface area contributed by atoms with E-state index in [1.54, 1.807) is 18.5 Å².